The minimum absolute atomic E-state index is 0.0587. The molecule has 0 aromatic heterocycles. The van der Waals surface area contributed by atoms with E-state index in [0.29, 0.717) is 18.5 Å². The molecule has 1 heterocycles. The van der Waals surface area contributed by atoms with Gasteiger partial charge in [-0.1, -0.05) is 6.92 Å². The van der Waals surface area contributed by atoms with Gasteiger partial charge in [0.1, 0.15) is 11.5 Å². The van der Waals surface area contributed by atoms with Crippen molar-refractivity contribution in [2.45, 2.75) is 38.8 Å². The molecule has 1 saturated heterocycles. The van der Waals surface area contributed by atoms with E-state index in [1.54, 1.807) is 12.1 Å². The molecule has 1 aliphatic heterocycles. The van der Waals surface area contributed by atoms with Crippen LogP contribution in [-0.4, -0.2) is 34.2 Å². The van der Waals surface area contributed by atoms with Crippen molar-refractivity contribution in [3.63, 3.8) is 0 Å². The summed E-state index contributed by atoms with van der Waals surface area (Å²) < 4.78 is 0. The first-order valence-electron chi connectivity index (χ1n) is 7.02. The number of nitrogens with two attached hydrogens (primary N) is 1. The van der Waals surface area contributed by atoms with Gasteiger partial charge in [-0.2, -0.15) is 0 Å². The SMILES string of the molecule is CC1CCCN(C(C)c2cc(O)ccc2O)C1CN. The molecule has 19 heavy (non-hydrogen) atoms. The molecule has 0 aliphatic carbocycles. The predicted molar refractivity (Wildman–Crippen MR) is 76.1 cm³/mol. The van der Waals surface area contributed by atoms with E-state index >= 15 is 0 Å². The Morgan fingerprint density at radius 1 is 1.42 bits per heavy atom. The molecule has 2 rings (SSSR count). The number of hydrogen-bond donors (Lipinski definition) is 3. The average Bonchev–Trinajstić information content (AvgIpc) is 2.40. The highest BCUT2D eigenvalue weighted by Crippen LogP contribution is 2.36. The molecule has 1 aromatic carbocycles. The molecule has 4 nitrogen and oxygen atoms in total. The molecule has 4 heteroatoms. The summed E-state index contributed by atoms with van der Waals surface area (Å²) in [6, 6.07) is 5.10. The van der Waals surface area contributed by atoms with Gasteiger partial charge in [0.05, 0.1) is 0 Å². The van der Waals surface area contributed by atoms with Crippen LogP contribution in [0.4, 0.5) is 0 Å². The van der Waals surface area contributed by atoms with E-state index in [-0.39, 0.29) is 17.5 Å². The average molecular weight is 264 g/mol. The summed E-state index contributed by atoms with van der Waals surface area (Å²) in [6.07, 6.45) is 2.36. The lowest BCUT2D eigenvalue weighted by Crippen LogP contribution is -2.49. The summed E-state index contributed by atoms with van der Waals surface area (Å²) >= 11 is 0. The number of rotatable bonds is 3. The van der Waals surface area contributed by atoms with Crippen LogP contribution in [0.3, 0.4) is 0 Å². The maximum atomic E-state index is 9.99. The zero-order valence-electron chi connectivity index (χ0n) is 11.7. The molecule has 3 atom stereocenters. The van der Waals surface area contributed by atoms with Gasteiger partial charge in [0, 0.05) is 24.2 Å². The second-order valence-electron chi connectivity index (χ2n) is 5.58. The van der Waals surface area contributed by atoms with E-state index in [9.17, 15) is 10.2 Å². The molecule has 1 aliphatic rings. The summed E-state index contributed by atoms with van der Waals surface area (Å²) in [7, 11) is 0. The number of nitrogens with zero attached hydrogens (tertiary/aromatic N) is 1. The summed E-state index contributed by atoms with van der Waals surface area (Å²) in [5.74, 6) is 0.994. The zero-order valence-corrected chi connectivity index (χ0v) is 11.7. The van der Waals surface area contributed by atoms with Crippen LogP contribution in [0.25, 0.3) is 0 Å². The Kier molecular flexibility index (Phi) is 4.32. The van der Waals surface area contributed by atoms with E-state index in [1.807, 2.05) is 0 Å². The molecular formula is C15H24N2O2. The summed E-state index contributed by atoms with van der Waals surface area (Å²) in [6.45, 7) is 5.92. The summed E-state index contributed by atoms with van der Waals surface area (Å²) in [5.41, 5.74) is 6.69. The number of benzene rings is 1. The summed E-state index contributed by atoms with van der Waals surface area (Å²) in [5, 5.41) is 19.6. The minimum Gasteiger partial charge on any atom is -0.508 e. The molecule has 0 spiro atoms. The lowest BCUT2D eigenvalue weighted by atomic mass is 9.88. The van der Waals surface area contributed by atoms with E-state index in [0.717, 1.165) is 18.5 Å². The standard InChI is InChI=1S/C15H24N2O2/c1-10-4-3-7-17(14(10)9-16)11(2)13-8-12(18)5-6-15(13)19/h5-6,8,10-11,14,18-19H,3-4,7,9,16H2,1-2H3. The van der Waals surface area contributed by atoms with Gasteiger partial charge in [0.15, 0.2) is 0 Å². The number of hydrogen-bond acceptors (Lipinski definition) is 4. The quantitative estimate of drug-likeness (QED) is 0.732. The first-order chi connectivity index (χ1) is 9.04. The fourth-order valence-corrected chi connectivity index (χ4v) is 3.18. The van der Waals surface area contributed by atoms with Crippen LogP contribution < -0.4 is 5.73 Å². The van der Waals surface area contributed by atoms with Crippen LogP contribution in [0.1, 0.15) is 38.3 Å². The largest absolute Gasteiger partial charge is 0.508 e. The third kappa shape index (κ3) is 2.85. The van der Waals surface area contributed by atoms with Gasteiger partial charge in [0.2, 0.25) is 0 Å². The molecule has 0 bridgehead atoms. The Morgan fingerprint density at radius 3 is 2.84 bits per heavy atom. The molecule has 106 valence electrons. The van der Waals surface area contributed by atoms with Crippen molar-refractivity contribution in [2.75, 3.05) is 13.1 Å². The fourth-order valence-electron chi connectivity index (χ4n) is 3.18. The first-order valence-corrected chi connectivity index (χ1v) is 7.02. The van der Waals surface area contributed by atoms with Gasteiger partial charge in [-0.15, -0.1) is 0 Å². The van der Waals surface area contributed by atoms with Crippen molar-refractivity contribution < 1.29 is 10.2 Å². The van der Waals surface area contributed by atoms with Crippen molar-refractivity contribution in [3.8, 4) is 11.5 Å². The molecule has 3 unspecified atom stereocenters. The van der Waals surface area contributed by atoms with E-state index in [2.05, 4.69) is 18.7 Å². The highest BCUT2D eigenvalue weighted by molar-refractivity contribution is 5.40. The van der Waals surface area contributed by atoms with Gasteiger partial charge in [-0.05, 0) is 50.4 Å². The van der Waals surface area contributed by atoms with Crippen molar-refractivity contribution in [2.24, 2.45) is 11.7 Å². The topological polar surface area (TPSA) is 69.7 Å². The fraction of sp³-hybridized carbons (Fsp3) is 0.600. The number of likely N-dealkylation sites (tertiary alicyclic amines) is 1. The minimum atomic E-state index is 0.0587. The third-order valence-electron chi connectivity index (χ3n) is 4.36. The van der Waals surface area contributed by atoms with Crippen molar-refractivity contribution >= 4 is 0 Å². The Labute approximate surface area is 114 Å². The Bertz CT molecular complexity index is 436. The van der Waals surface area contributed by atoms with Crippen LogP contribution in [0, 0.1) is 5.92 Å². The third-order valence-corrected chi connectivity index (χ3v) is 4.36. The highest BCUT2D eigenvalue weighted by Gasteiger charge is 2.32. The first kappa shape index (κ1) is 14.2. The number of piperidine rings is 1. The maximum absolute atomic E-state index is 9.99. The van der Waals surface area contributed by atoms with Gasteiger partial charge in [-0.3, -0.25) is 4.90 Å². The number of phenols is 2. The van der Waals surface area contributed by atoms with Crippen molar-refractivity contribution in [3.05, 3.63) is 23.8 Å². The molecule has 1 fully saturated rings. The van der Waals surface area contributed by atoms with Gasteiger partial charge >= 0.3 is 0 Å². The number of aromatic hydroxyl groups is 2. The summed E-state index contributed by atoms with van der Waals surface area (Å²) in [4.78, 5) is 2.35. The van der Waals surface area contributed by atoms with Gasteiger partial charge in [0.25, 0.3) is 0 Å². The van der Waals surface area contributed by atoms with Crippen LogP contribution >= 0.6 is 0 Å². The Balaban J connectivity index is 2.26. The zero-order chi connectivity index (χ0) is 14.0. The predicted octanol–water partition coefficient (Wildman–Crippen LogP) is 2.22. The van der Waals surface area contributed by atoms with Gasteiger partial charge < -0.3 is 15.9 Å². The van der Waals surface area contributed by atoms with Crippen molar-refractivity contribution in [1.29, 1.82) is 0 Å². The molecule has 0 saturated carbocycles. The van der Waals surface area contributed by atoms with E-state index in [4.69, 9.17) is 5.73 Å². The second kappa shape index (κ2) is 5.80. The highest BCUT2D eigenvalue weighted by atomic mass is 16.3. The molecular weight excluding hydrogens is 240 g/mol. The van der Waals surface area contributed by atoms with Crippen LogP contribution in [0.2, 0.25) is 0 Å². The number of phenolic OH excluding ortho intramolecular Hbond substituents is 2. The van der Waals surface area contributed by atoms with Crippen LogP contribution in [0.5, 0.6) is 11.5 Å². The Morgan fingerprint density at radius 2 is 2.16 bits per heavy atom. The van der Waals surface area contributed by atoms with Gasteiger partial charge in [-0.25, -0.2) is 0 Å². The lowest BCUT2D eigenvalue weighted by Gasteiger charge is -2.43. The molecule has 4 N–H and O–H groups in total. The Hall–Kier alpha value is -1.26. The van der Waals surface area contributed by atoms with E-state index < -0.39 is 0 Å². The monoisotopic (exact) mass is 264 g/mol. The van der Waals surface area contributed by atoms with Crippen LogP contribution in [-0.2, 0) is 0 Å². The van der Waals surface area contributed by atoms with E-state index in [1.165, 1.54) is 12.5 Å². The van der Waals surface area contributed by atoms with Crippen LogP contribution in [0.15, 0.2) is 18.2 Å². The second-order valence-corrected chi connectivity index (χ2v) is 5.58. The molecule has 1 aromatic rings. The smallest absolute Gasteiger partial charge is 0.120 e. The maximum Gasteiger partial charge on any atom is 0.120 e. The molecule has 0 radical (unpaired) electrons. The normalized spacial score (nSPS) is 26.3. The molecule has 0 amide bonds. The lowest BCUT2D eigenvalue weighted by molar-refractivity contribution is 0.0679. The van der Waals surface area contributed by atoms with Crippen molar-refractivity contribution in [1.82, 2.24) is 4.90 Å².